The molecule has 2 atom stereocenters. The molecule has 0 aromatic carbocycles. The van der Waals surface area contributed by atoms with E-state index in [2.05, 4.69) is 6.58 Å². The Morgan fingerprint density at radius 1 is 1.33 bits per heavy atom. The van der Waals surface area contributed by atoms with Gasteiger partial charge in [-0.05, 0) is 38.0 Å². The number of carbonyl (C=O) groups excluding carboxylic acids is 1. The van der Waals surface area contributed by atoms with E-state index in [0.717, 1.165) is 12.8 Å². The average Bonchev–Trinajstić information content (AvgIpc) is 2.49. The zero-order valence-electron chi connectivity index (χ0n) is 13.3. The van der Waals surface area contributed by atoms with Crippen LogP contribution in [-0.4, -0.2) is 37.5 Å². The molecule has 140 valence electrons. The number of hydrogen-bond acceptors (Lipinski definition) is 5. The van der Waals surface area contributed by atoms with Crippen molar-refractivity contribution < 1.29 is 31.1 Å². The number of nitrogens with zero attached hydrogens (tertiary/aromatic N) is 1. The Balaban J connectivity index is 2.46. The van der Waals surface area contributed by atoms with E-state index in [0.29, 0.717) is 12.8 Å². The van der Waals surface area contributed by atoms with Crippen LogP contribution in [0.3, 0.4) is 0 Å². The molecule has 0 saturated heterocycles. The van der Waals surface area contributed by atoms with Crippen molar-refractivity contribution in [1.29, 1.82) is 0 Å². The van der Waals surface area contributed by atoms with Gasteiger partial charge in [0.05, 0.1) is 6.61 Å². The molecular weight excluding hydrogens is 351 g/mol. The molecule has 1 rings (SSSR count). The van der Waals surface area contributed by atoms with Gasteiger partial charge in [0.2, 0.25) is 0 Å². The number of rotatable bonds is 7. The third kappa shape index (κ3) is 5.75. The molecule has 0 heterocycles. The first-order chi connectivity index (χ1) is 10.9. The van der Waals surface area contributed by atoms with Crippen LogP contribution in [0.2, 0.25) is 0 Å². The van der Waals surface area contributed by atoms with E-state index in [4.69, 9.17) is 4.74 Å². The van der Waals surface area contributed by atoms with E-state index < -0.39 is 32.5 Å². The van der Waals surface area contributed by atoms with Gasteiger partial charge in [-0.1, -0.05) is 19.4 Å². The number of esters is 1. The van der Waals surface area contributed by atoms with Gasteiger partial charge in [0.15, 0.2) is 0 Å². The molecule has 0 aromatic rings. The lowest BCUT2D eigenvalue weighted by Gasteiger charge is -2.33. The number of carbonyl (C=O) groups is 1. The quantitative estimate of drug-likeness (QED) is 0.390. The smallest absolute Gasteiger partial charge is 0.510 e. The number of hydrogen-bond donors (Lipinski definition) is 0. The molecule has 0 radical (unpaired) electrons. The molecule has 0 bridgehead atoms. The maximum Gasteiger partial charge on any atom is 0.510 e. The predicted molar refractivity (Wildman–Crippen MR) is 80.9 cm³/mol. The largest absolute Gasteiger partial charge is 0.772 e. The molecule has 1 aliphatic rings. The highest BCUT2D eigenvalue weighted by molar-refractivity contribution is 7.90. The van der Waals surface area contributed by atoms with Gasteiger partial charge >= 0.3 is 21.5 Å². The maximum atomic E-state index is 12.3. The number of alkyl halides is 3. The topological polar surface area (TPSA) is 86.7 Å². The third-order valence-electron chi connectivity index (χ3n) is 3.97. The van der Waals surface area contributed by atoms with Crippen LogP contribution in [0.25, 0.3) is 0 Å². The summed E-state index contributed by atoms with van der Waals surface area (Å²) in [7, 11) is -5.82. The summed E-state index contributed by atoms with van der Waals surface area (Å²) >= 11 is 0. The molecule has 1 fully saturated rings. The molecule has 0 amide bonds. The summed E-state index contributed by atoms with van der Waals surface area (Å²) in [5.41, 5.74) is -5.30. The van der Waals surface area contributed by atoms with Crippen molar-refractivity contribution in [1.82, 2.24) is 4.47 Å². The molecule has 0 aromatic heterocycles. The molecule has 0 spiro atoms. The first-order valence-electron chi connectivity index (χ1n) is 7.54. The number of ether oxygens (including phenoxy) is 1. The van der Waals surface area contributed by atoms with Gasteiger partial charge in [0, 0.05) is 12.1 Å². The summed E-state index contributed by atoms with van der Waals surface area (Å²) < 4.78 is 62.9. The Labute approximate surface area is 139 Å². The molecule has 6 nitrogen and oxygen atoms in total. The van der Waals surface area contributed by atoms with Gasteiger partial charge in [-0.2, -0.15) is 13.2 Å². The van der Waals surface area contributed by atoms with Crippen molar-refractivity contribution in [2.45, 2.75) is 44.5 Å². The lowest BCUT2D eigenvalue weighted by Crippen LogP contribution is -2.38. The van der Waals surface area contributed by atoms with Crippen molar-refractivity contribution in [2.75, 3.05) is 13.2 Å². The fraction of sp³-hybridized carbons (Fsp3) is 0.786. The van der Waals surface area contributed by atoms with Gasteiger partial charge in [-0.15, -0.1) is 0 Å². The van der Waals surface area contributed by atoms with Gasteiger partial charge < -0.3 is 9.94 Å². The normalized spacial score (nSPS) is 22.4. The molecule has 0 aliphatic heterocycles. The standard InChI is InChI=1S/C14H21F3NO5S/c1-10(2)13(19)23-9-12-5-3-4-11(8-12)6-7-18(20)24(21,22)14(15,16)17/h11-12H,1,3-9H2,2H3/q-1. The molecule has 0 N–H and O–H groups in total. The summed E-state index contributed by atoms with van der Waals surface area (Å²) in [4.78, 5) is 11.3. The fourth-order valence-corrected chi connectivity index (χ4v) is 3.23. The summed E-state index contributed by atoms with van der Waals surface area (Å²) in [5.74, 6) is -0.530. The van der Waals surface area contributed by atoms with Crippen molar-refractivity contribution in [3.05, 3.63) is 17.4 Å². The SMILES string of the molecule is C=C(C)C(=O)OCC1CCCC(CCN([O-])S(=O)(=O)C(F)(F)F)C1. The average molecular weight is 372 g/mol. The molecule has 10 heteroatoms. The number of halogens is 3. The number of hydroxylamine groups is 1. The monoisotopic (exact) mass is 372 g/mol. The maximum absolute atomic E-state index is 12.3. The van der Waals surface area contributed by atoms with Gasteiger partial charge in [-0.25, -0.2) is 13.2 Å². The Hall–Kier alpha value is -1.13. The first kappa shape index (κ1) is 20.9. The van der Waals surface area contributed by atoms with E-state index in [1.54, 1.807) is 0 Å². The summed E-state index contributed by atoms with van der Waals surface area (Å²) in [6, 6.07) is 0. The van der Waals surface area contributed by atoms with Crippen molar-refractivity contribution >= 4 is 16.0 Å². The lowest BCUT2D eigenvalue weighted by molar-refractivity contribution is -0.140. The molecule has 24 heavy (non-hydrogen) atoms. The van der Waals surface area contributed by atoms with E-state index >= 15 is 0 Å². The lowest BCUT2D eigenvalue weighted by atomic mass is 9.80. The van der Waals surface area contributed by atoms with Crippen molar-refractivity contribution in [3.63, 3.8) is 0 Å². The molecule has 1 aliphatic carbocycles. The van der Waals surface area contributed by atoms with Crippen LogP contribution in [0.15, 0.2) is 12.2 Å². The Kier molecular flexibility index (Phi) is 7.24. The van der Waals surface area contributed by atoms with E-state index in [-0.39, 0.29) is 30.4 Å². The van der Waals surface area contributed by atoms with Crippen LogP contribution in [0, 0.1) is 17.0 Å². The van der Waals surface area contributed by atoms with Crippen molar-refractivity contribution in [3.8, 4) is 0 Å². The second-order valence-corrected chi connectivity index (χ2v) is 7.86. The Morgan fingerprint density at radius 3 is 2.46 bits per heavy atom. The summed E-state index contributed by atoms with van der Waals surface area (Å²) in [6.07, 6.45) is 2.91. The Morgan fingerprint density at radius 2 is 1.92 bits per heavy atom. The van der Waals surface area contributed by atoms with E-state index in [1.165, 1.54) is 6.92 Å². The highest BCUT2D eigenvalue weighted by atomic mass is 32.2. The molecular formula is C14H21F3NO5S-. The minimum atomic E-state index is -5.82. The third-order valence-corrected chi connectivity index (χ3v) is 5.27. The molecule has 1 saturated carbocycles. The summed E-state index contributed by atoms with van der Waals surface area (Å²) in [6.45, 7) is 4.44. The predicted octanol–water partition coefficient (Wildman–Crippen LogP) is 2.95. The van der Waals surface area contributed by atoms with Crippen LogP contribution in [0.1, 0.15) is 39.0 Å². The van der Waals surface area contributed by atoms with E-state index in [9.17, 15) is 31.6 Å². The first-order valence-corrected chi connectivity index (χ1v) is 8.98. The Bertz CT molecular complexity index is 561. The van der Waals surface area contributed by atoms with Crippen LogP contribution in [-0.2, 0) is 19.6 Å². The highest BCUT2D eigenvalue weighted by Crippen LogP contribution is 2.33. The zero-order chi connectivity index (χ0) is 18.5. The van der Waals surface area contributed by atoms with Gasteiger partial charge in [0.1, 0.15) is 0 Å². The fourth-order valence-electron chi connectivity index (χ4n) is 2.66. The van der Waals surface area contributed by atoms with Gasteiger partial charge in [0.25, 0.3) is 0 Å². The zero-order valence-corrected chi connectivity index (χ0v) is 14.2. The van der Waals surface area contributed by atoms with Crippen molar-refractivity contribution in [2.24, 2.45) is 11.8 Å². The van der Waals surface area contributed by atoms with Crippen LogP contribution < -0.4 is 0 Å². The van der Waals surface area contributed by atoms with E-state index in [1.807, 2.05) is 0 Å². The second-order valence-electron chi connectivity index (χ2n) is 6.04. The minimum Gasteiger partial charge on any atom is -0.772 e. The minimum absolute atomic E-state index is 0.0454. The highest BCUT2D eigenvalue weighted by Gasteiger charge is 2.46. The number of sulfonamides is 1. The second kappa shape index (κ2) is 8.30. The van der Waals surface area contributed by atoms with Crippen LogP contribution >= 0.6 is 0 Å². The van der Waals surface area contributed by atoms with Crippen LogP contribution in [0.5, 0.6) is 0 Å². The van der Waals surface area contributed by atoms with Gasteiger partial charge in [-0.3, -0.25) is 4.47 Å². The summed E-state index contributed by atoms with van der Waals surface area (Å²) in [5, 5.41) is 11.3. The van der Waals surface area contributed by atoms with Crippen LogP contribution in [0.4, 0.5) is 13.2 Å². The molecule has 2 unspecified atom stereocenters.